The minimum absolute atomic E-state index is 0.0765. The number of hydrogen-bond donors (Lipinski definition) is 2. The lowest BCUT2D eigenvalue weighted by atomic mass is 9.70. The fourth-order valence-electron chi connectivity index (χ4n) is 4.60. The van der Waals surface area contributed by atoms with Crippen LogP contribution in [-0.4, -0.2) is 34.1 Å². The molecule has 3 unspecified atom stereocenters. The van der Waals surface area contributed by atoms with Crippen LogP contribution >= 0.6 is 0 Å². The largest absolute Gasteiger partial charge is 0.481 e. The Morgan fingerprint density at radius 1 is 1.20 bits per heavy atom. The van der Waals surface area contributed by atoms with Crippen LogP contribution in [0.4, 0.5) is 0 Å². The molecule has 1 saturated carbocycles. The van der Waals surface area contributed by atoms with Crippen molar-refractivity contribution < 1.29 is 9.90 Å². The first-order chi connectivity index (χ1) is 12.2. The maximum atomic E-state index is 10.9. The predicted octanol–water partition coefficient (Wildman–Crippen LogP) is 2.83. The van der Waals surface area contributed by atoms with E-state index >= 15 is 0 Å². The molecular weight excluding hydrogens is 314 g/mol. The Balaban J connectivity index is 1.48. The van der Waals surface area contributed by atoms with Gasteiger partial charge in [0.15, 0.2) is 0 Å². The van der Waals surface area contributed by atoms with Gasteiger partial charge in [-0.1, -0.05) is 6.07 Å². The first-order valence-electron chi connectivity index (χ1n) is 9.34. The van der Waals surface area contributed by atoms with Gasteiger partial charge in [-0.2, -0.15) is 0 Å². The number of fused-ring (bicyclic) bond motifs is 2. The van der Waals surface area contributed by atoms with Gasteiger partial charge in [0.2, 0.25) is 0 Å². The molecule has 5 heteroatoms. The standard InChI is InChI=1S/C20H25N3O2/c24-20(25)10-17-12-22-18-4-2-14(9-19(18)23-17)7-13-1-3-16-11-21-6-5-15(16)8-13/h2,4,9,12-13,15-16,21H,1,3,5-8,10-11H2,(H,24,25). The summed E-state index contributed by atoms with van der Waals surface area (Å²) in [5.41, 5.74) is 3.46. The summed E-state index contributed by atoms with van der Waals surface area (Å²) >= 11 is 0. The zero-order valence-corrected chi connectivity index (χ0v) is 14.4. The molecule has 1 aliphatic heterocycles. The highest BCUT2D eigenvalue weighted by Crippen LogP contribution is 2.38. The number of hydrogen-bond acceptors (Lipinski definition) is 4. The van der Waals surface area contributed by atoms with Crippen molar-refractivity contribution in [1.29, 1.82) is 0 Å². The summed E-state index contributed by atoms with van der Waals surface area (Å²) in [4.78, 5) is 19.7. The Labute approximate surface area is 147 Å². The van der Waals surface area contributed by atoms with Gasteiger partial charge in [0, 0.05) is 6.20 Å². The van der Waals surface area contributed by atoms with Crippen LogP contribution in [0.2, 0.25) is 0 Å². The van der Waals surface area contributed by atoms with Crippen molar-refractivity contribution in [3.8, 4) is 0 Å². The van der Waals surface area contributed by atoms with Crippen LogP contribution in [0.1, 0.15) is 36.9 Å². The molecule has 2 heterocycles. The third-order valence-corrected chi connectivity index (χ3v) is 5.86. The van der Waals surface area contributed by atoms with E-state index in [0.29, 0.717) is 5.69 Å². The van der Waals surface area contributed by atoms with Crippen LogP contribution in [0.15, 0.2) is 24.4 Å². The Hall–Kier alpha value is -2.01. The van der Waals surface area contributed by atoms with Crippen LogP contribution < -0.4 is 5.32 Å². The van der Waals surface area contributed by atoms with Crippen LogP contribution in [-0.2, 0) is 17.6 Å². The molecule has 132 valence electrons. The molecule has 0 amide bonds. The highest BCUT2D eigenvalue weighted by molar-refractivity contribution is 5.76. The highest BCUT2D eigenvalue weighted by atomic mass is 16.4. The van der Waals surface area contributed by atoms with Crippen molar-refractivity contribution in [2.75, 3.05) is 13.1 Å². The molecule has 0 bridgehead atoms. The fraction of sp³-hybridized carbons (Fsp3) is 0.550. The molecule has 25 heavy (non-hydrogen) atoms. The number of piperidine rings is 1. The third kappa shape index (κ3) is 3.82. The zero-order valence-electron chi connectivity index (χ0n) is 14.4. The number of nitrogens with one attached hydrogen (secondary N) is 1. The van der Waals surface area contributed by atoms with E-state index in [1.165, 1.54) is 44.3 Å². The van der Waals surface area contributed by atoms with Gasteiger partial charge in [-0.05, 0) is 80.6 Å². The lowest BCUT2D eigenvalue weighted by Gasteiger charge is -2.39. The number of carboxylic acid groups (broad SMARTS) is 1. The van der Waals surface area contributed by atoms with Gasteiger partial charge in [-0.25, -0.2) is 4.98 Å². The average Bonchev–Trinajstić information content (AvgIpc) is 2.61. The molecule has 4 rings (SSSR count). The highest BCUT2D eigenvalue weighted by Gasteiger charge is 2.32. The lowest BCUT2D eigenvalue weighted by molar-refractivity contribution is -0.136. The number of carbonyl (C=O) groups is 1. The molecule has 0 spiro atoms. The second kappa shape index (κ2) is 7.08. The average molecular weight is 339 g/mol. The molecule has 2 aliphatic rings. The molecule has 2 N–H and O–H groups in total. The van der Waals surface area contributed by atoms with Crippen molar-refractivity contribution >= 4 is 17.0 Å². The number of nitrogens with zero attached hydrogens (tertiary/aromatic N) is 2. The molecule has 1 saturated heterocycles. The van der Waals surface area contributed by atoms with Crippen molar-refractivity contribution in [2.24, 2.45) is 17.8 Å². The van der Waals surface area contributed by atoms with Crippen LogP contribution in [0.3, 0.4) is 0 Å². The smallest absolute Gasteiger partial charge is 0.309 e. The van der Waals surface area contributed by atoms with Gasteiger partial charge in [0.25, 0.3) is 0 Å². The van der Waals surface area contributed by atoms with E-state index < -0.39 is 5.97 Å². The molecular formula is C20H25N3O2. The van der Waals surface area contributed by atoms with E-state index in [-0.39, 0.29) is 6.42 Å². The van der Waals surface area contributed by atoms with Crippen molar-refractivity contribution in [3.05, 3.63) is 35.7 Å². The van der Waals surface area contributed by atoms with Gasteiger partial charge < -0.3 is 10.4 Å². The van der Waals surface area contributed by atoms with Gasteiger partial charge in [-0.3, -0.25) is 9.78 Å². The van der Waals surface area contributed by atoms with Gasteiger partial charge >= 0.3 is 5.97 Å². The van der Waals surface area contributed by atoms with Crippen molar-refractivity contribution in [1.82, 2.24) is 15.3 Å². The SMILES string of the molecule is O=C(O)Cc1cnc2ccc(CC3CCC4CNCCC4C3)cc2n1. The Morgan fingerprint density at radius 3 is 3.00 bits per heavy atom. The van der Waals surface area contributed by atoms with Crippen LogP contribution in [0, 0.1) is 17.8 Å². The molecule has 5 nitrogen and oxygen atoms in total. The number of benzene rings is 1. The molecule has 1 aliphatic carbocycles. The third-order valence-electron chi connectivity index (χ3n) is 5.86. The molecule has 3 atom stereocenters. The summed E-state index contributed by atoms with van der Waals surface area (Å²) in [5, 5.41) is 12.5. The van der Waals surface area contributed by atoms with Gasteiger partial charge in [0.1, 0.15) is 0 Å². The minimum atomic E-state index is -0.872. The summed E-state index contributed by atoms with van der Waals surface area (Å²) in [7, 11) is 0. The summed E-state index contributed by atoms with van der Waals surface area (Å²) in [6, 6.07) is 6.27. The van der Waals surface area contributed by atoms with Crippen molar-refractivity contribution in [3.63, 3.8) is 0 Å². The first-order valence-corrected chi connectivity index (χ1v) is 9.34. The summed E-state index contributed by atoms with van der Waals surface area (Å²) in [6.45, 7) is 2.38. The van der Waals surface area contributed by atoms with Crippen molar-refractivity contribution in [2.45, 2.75) is 38.5 Å². The Bertz CT molecular complexity index is 777. The molecule has 2 aromatic rings. The minimum Gasteiger partial charge on any atom is -0.481 e. The summed E-state index contributed by atoms with van der Waals surface area (Å²) in [6.07, 6.45) is 7.90. The number of aromatic nitrogens is 2. The fourth-order valence-corrected chi connectivity index (χ4v) is 4.60. The van der Waals surface area contributed by atoms with Crippen LogP contribution in [0.25, 0.3) is 11.0 Å². The molecule has 1 aromatic heterocycles. The molecule has 0 radical (unpaired) electrons. The quantitative estimate of drug-likeness (QED) is 0.896. The maximum Gasteiger partial charge on any atom is 0.309 e. The first kappa shape index (κ1) is 16.5. The second-order valence-electron chi connectivity index (χ2n) is 7.65. The summed E-state index contributed by atoms with van der Waals surface area (Å²) in [5.74, 6) is 1.66. The Kier molecular flexibility index (Phi) is 4.66. The van der Waals surface area contributed by atoms with Gasteiger partial charge in [-0.15, -0.1) is 0 Å². The molecule has 2 fully saturated rings. The molecule has 1 aromatic carbocycles. The van der Waals surface area contributed by atoms with E-state index in [2.05, 4.69) is 27.4 Å². The zero-order chi connectivity index (χ0) is 17.2. The predicted molar refractivity (Wildman–Crippen MR) is 96.4 cm³/mol. The number of aliphatic carboxylic acids is 1. The van der Waals surface area contributed by atoms with E-state index in [1.54, 1.807) is 6.20 Å². The Morgan fingerprint density at radius 2 is 2.12 bits per heavy atom. The topological polar surface area (TPSA) is 75.1 Å². The van der Waals surface area contributed by atoms with E-state index in [0.717, 1.165) is 35.2 Å². The van der Waals surface area contributed by atoms with E-state index in [9.17, 15) is 4.79 Å². The van der Waals surface area contributed by atoms with Gasteiger partial charge in [0.05, 0.1) is 23.1 Å². The van der Waals surface area contributed by atoms with E-state index in [4.69, 9.17) is 5.11 Å². The monoisotopic (exact) mass is 339 g/mol. The van der Waals surface area contributed by atoms with Crippen LogP contribution in [0.5, 0.6) is 0 Å². The normalized spacial score (nSPS) is 26.3. The number of rotatable bonds is 4. The number of carboxylic acids is 1. The summed E-state index contributed by atoms with van der Waals surface area (Å²) < 4.78 is 0. The lowest BCUT2D eigenvalue weighted by Crippen LogP contribution is -2.40. The van der Waals surface area contributed by atoms with E-state index in [1.807, 2.05) is 6.07 Å². The maximum absolute atomic E-state index is 10.9. The second-order valence-corrected chi connectivity index (χ2v) is 7.65.